The van der Waals surface area contributed by atoms with Gasteiger partial charge in [-0.2, -0.15) is 0 Å². The van der Waals surface area contributed by atoms with E-state index < -0.39 is 0 Å². The van der Waals surface area contributed by atoms with Crippen molar-refractivity contribution in [1.82, 2.24) is 9.80 Å². The molecule has 4 nitrogen and oxygen atoms in total. The zero-order valence-electron chi connectivity index (χ0n) is 13.7. The molecule has 0 saturated carbocycles. The fourth-order valence-electron chi connectivity index (χ4n) is 3.09. The first-order chi connectivity index (χ1) is 10.5. The van der Waals surface area contributed by atoms with Crippen molar-refractivity contribution in [2.75, 3.05) is 26.2 Å². The number of hydrogen-bond donors (Lipinski definition) is 0. The normalized spacial score (nSPS) is 17.7. The molecule has 2 heterocycles. The zero-order chi connectivity index (χ0) is 15.9. The van der Waals surface area contributed by atoms with E-state index in [1.54, 1.807) is 13.8 Å². The number of benzene rings is 1. The number of carbonyl (C=O) groups excluding carboxylic acids is 2. The van der Waals surface area contributed by atoms with Gasteiger partial charge in [0.2, 0.25) is 0 Å². The van der Waals surface area contributed by atoms with Gasteiger partial charge in [0.1, 0.15) is 11.6 Å². The second-order valence-corrected chi connectivity index (χ2v) is 6.30. The highest BCUT2D eigenvalue weighted by Crippen LogP contribution is 2.21. The minimum Gasteiger partial charge on any atom is -0.299 e. The molecule has 120 valence electrons. The minimum absolute atomic E-state index is 0.243. The van der Waals surface area contributed by atoms with Crippen molar-refractivity contribution in [2.45, 2.75) is 39.8 Å². The van der Waals surface area contributed by atoms with Crippen LogP contribution in [0.3, 0.4) is 0 Å². The van der Waals surface area contributed by atoms with Crippen LogP contribution >= 0.6 is 0 Å². The van der Waals surface area contributed by atoms with E-state index in [-0.39, 0.29) is 11.6 Å². The van der Waals surface area contributed by atoms with Crippen molar-refractivity contribution in [1.29, 1.82) is 0 Å². The van der Waals surface area contributed by atoms with Crippen LogP contribution in [0.5, 0.6) is 0 Å². The van der Waals surface area contributed by atoms with Gasteiger partial charge in [-0.25, -0.2) is 0 Å². The van der Waals surface area contributed by atoms with E-state index in [9.17, 15) is 9.59 Å². The Bertz CT molecular complexity index is 497. The third-order valence-corrected chi connectivity index (χ3v) is 4.00. The second kappa shape index (κ2) is 8.20. The predicted molar refractivity (Wildman–Crippen MR) is 87.6 cm³/mol. The van der Waals surface area contributed by atoms with E-state index >= 15 is 0 Å². The van der Waals surface area contributed by atoms with Gasteiger partial charge in [-0.05, 0) is 50.9 Å². The fraction of sp³-hybridized carbons (Fsp3) is 0.556. The molecular weight excluding hydrogens is 276 g/mol. The van der Waals surface area contributed by atoms with Crippen LogP contribution in [-0.4, -0.2) is 47.5 Å². The number of nitrogens with zero attached hydrogens (tertiary/aromatic N) is 2. The van der Waals surface area contributed by atoms with Crippen LogP contribution in [0, 0.1) is 0 Å². The summed E-state index contributed by atoms with van der Waals surface area (Å²) in [6.07, 6.45) is 2.54. The summed E-state index contributed by atoms with van der Waals surface area (Å²) in [4.78, 5) is 25.9. The molecule has 0 bridgehead atoms. The maximum absolute atomic E-state index is 10.9. The molecule has 4 heteroatoms. The number of likely N-dealkylation sites (tertiary alicyclic amines) is 1. The number of carbonyl (C=O) groups is 2. The molecule has 0 spiro atoms. The molecule has 3 rings (SSSR count). The largest absolute Gasteiger partial charge is 0.299 e. The Morgan fingerprint density at radius 1 is 0.864 bits per heavy atom. The van der Waals surface area contributed by atoms with Gasteiger partial charge >= 0.3 is 0 Å². The highest BCUT2D eigenvalue weighted by atomic mass is 16.1. The van der Waals surface area contributed by atoms with E-state index in [1.165, 1.54) is 24.0 Å². The lowest BCUT2D eigenvalue weighted by Crippen LogP contribution is -2.24. The summed E-state index contributed by atoms with van der Waals surface area (Å²) < 4.78 is 0. The molecule has 1 fully saturated rings. The number of fused-ring (bicyclic) bond motifs is 1. The van der Waals surface area contributed by atoms with Gasteiger partial charge in [-0.3, -0.25) is 19.4 Å². The monoisotopic (exact) mass is 302 g/mol. The van der Waals surface area contributed by atoms with Crippen LogP contribution in [0.1, 0.15) is 37.8 Å². The van der Waals surface area contributed by atoms with Crippen LogP contribution in [0.2, 0.25) is 0 Å². The Morgan fingerprint density at radius 2 is 1.32 bits per heavy atom. The Hall–Kier alpha value is -1.52. The first-order valence-electron chi connectivity index (χ1n) is 8.05. The Labute approximate surface area is 133 Å². The average Bonchev–Trinajstić information content (AvgIpc) is 3.06. The minimum atomic E-state index is 0.243. The Kier molecular flexibility index (Phi) is 6.28. The van der Waals surface area contributed by atoms with Crippen molar-refractivity contribution < 1.29 is 9.59 Å². The third-order valence-electron chi connectivity index (χ3n) is 4.00. The fourth-order valence-corrected chi connectivity index (χ4v) is 3.09. The summed E-state index contributed by atoms with van der Waals surface area (Å²) in [5.41, 5.74) is 2.73. The van der Waals surface area contributed by atoms with Gasteiger partial charge in [-0.1, -0.05) is 24.3 Å². The van der Waals surface area contributed by atoms with Crippen molar-refractivity contribution in [2.24, 2.45) is 0 Å². The summed E-state index contributed by atoms with van der Waals surface area (Å²) in [6, 6.07) is 8.37. The van der Waals surface area contributed by atoms with Crippen molar-refractivity contribution in [3.63, 3.8) is 0 Å². The third kappa shape index (κ3) is 5.35. The SMILES string of the molecule is CC(=O)CN1CCCC1.CC(=O)CN1Cc2ccccc2C1. The Balaban J connectivity index is 0.000000172. The highest BCUT2D eigenvalue weighted by Gasteiger charge is 2.18. The predicted octanol–water partition coefficient (Wildman–Crippen LogP) is 2.26. The summed E-state index contributed by atoms with van der Waals surface area (Å²) in [5.74, 6) is 0.532. The van der Waals surface area contributed by atoms with Gasteiger partial charge in [0.15, 0.2) is 0 Å². The molecule has 2 aliphatic rings. The molecule has 0 N–H and O–H groups in total. The van der Waals surface area contributed by atoms with E-state index in [0.717, 1.165) is 26.2 Å². The molecule has 1 saturated heterocycles. The lowest BCUT2D eigenvalue weighted by molar-refractivity contribution is -0.118. The quantitative estimate of drug-likeness (QED) is 0.855. The maximum atomic E-state index is 10.9. The zero-order valence-corrected chi connectivity index (χ0v) is 13.7. The molecule has 0 atom stereocenters. The molecule has 1 aromatic rings. The van der Waals surface area contributed by atoms with Crippen molar-refractivity contribution in [3.8, 4) is 0 Å². The van der Waals surface area contributed by atoms with Gasteiger partial charge in [0.05, 0.1) is 13.1 Å². The first-order valence-corrected chi connectivity index (χ1v) is 8.05. The van der Waals surface area contributed by atoms with E-state index in [2.05, 4.69) is 34.1 Å². The van der Waals surface area contributed by atoms with Crippen LogP contribution in [0.4, 0.5) is 0 Å². The van der Waals surface area contributed by atoms with Crippen LogP contribution in [0.25, 0.3) is 0 Å². The van der Waals surface area contributed by atoms with E-state index in [1.807, 2.05) is 0 Å². The molecule has 1 aromatic carbocycles. The van der Waals surface area contributed by atoms with Crippen LogP contribution in [-0.2, 0) is 22.7 Å². The molecule has 0 aromatic heterocycles. The van der Waals surface area contributed by atoms with Crippen LogP contribution in [0.15, 0.2) is 24.3 Å². The molecule has 2 aliphatic heterocycles. The number of ketones is 2. The van der Waals surface area contributed by atoms with Gasteiger partial charge in [0, 0.05) is 13.1 Å². The topological polar surface area (TPSA) is 40.6 Å². The van der Waals surface area contributed by atoms with Gasteiger partial charge < -0.3 is 0 Å². The lowest BCUT2D eigenvalue weighted by atomic mass is 10.1. The summed E-state index contributed by atoms with van der Waals surface area (Å²) >= 11 is 0. The van der Waals surface area contributed by atoms with E-state index in [0.29, 0.717) is 13.1 Å². The highest BCUT2D eigenvalue weighted by molar-refractivity contribution is 5.78. The number of hydrogen-bond acceptors (Lipinski definition) is 4. The molecule has 0 aliphatic carbocycles. The molecule has 0 radical (unpaired) electrons. The van der Waals surface area contributed by atoms with Gasteiger partial charge in [-0.15, -0.1) is 0 Å². The molecular formula is C18H26N2O2. The second-order valence-electron chi connectivity index (χ2n) is 6.30. The Morgan fingerprint density at radius 3 is 1.77 bits per heavy atom. The molecule has 22 heavy (non-hydrogen) atoms. The van der Waals surface area contributed by atoms with Crippen molar-refractivity contribution >= 4 is 11.6 Å². The maximum Gasteiger partial charge on any atom is 0.143 e. The summed E-state index contributed by atoms with van der Waals surface area (Å²) in [6.45, 7) is 8.64. The molecule has 0 amide bonds. The molecule has 0 unspecified atom stereocenters. The average molecular weight is 302 g/mol. The number of rotatable bonds is 4. The van der Waals surface area contributed by atoms with Crippen LogP contribution < -0.4 is 0 Å². The van der Waals surface area contributed by atoms with E-state index in [4.69, 9.17) is 0 Å². The first kappa shape index (κ1) is 16.8. The van der Waals surface area contributed by atoms with Crippen molar-refractivity contribution in [3.05, 3.63) is 35.4 Å². The summed E-state index contributed by atoms with van der Waals surface area (Å²) in [7, 11) is 0. The summed E-state index contributed by atoms with van der Waals surface area (Å²) in [5, 5.41) is 0. The lowest BCUT2D eigenvalue weighted by Gasteiger charge is -2.11. The van der Waals surface area contributed by atoms with Gasteiger partial charge in [0.25, 0.3) is 0 Å². The standard InChI is InChI=1S/C11H13NO.C7H13NO/c1-9(13)6-12-7-10-4-2-3-5-11(10)8-12;1-7(9)6-8-4-2-3-5-8/h2-5H,6-8H2,1H3;2-6H2,1H3. The smallest absolute Gasteiger partial charge is 0.143 e. The number of Topliss-reactive ketones (excluding diaryl/α,β-unsaturated/α-hetero) is 2.